The SMILES string of the molecule is COc1ccc(F)cc1S(=O)(=O)N1CCCC(C(=O)NCCSc2ncn[nH]2)C1. The first-order valence-electron chi connectivity index (χ1n) is 9.01. The normalized spacial score (nSPS) is 17.8. The third-order valence-corrected chi connectivity index (χ3v) is 7.30. The zero-order chi connectivity index (χ0) is 20.9. The monoisotopic (exact) mass is 443 g/mol. The predicted octanol–water partition coefficient (Wildman–Crippen LogP) is 1.26. The Morgan fingerprint density at radius 1 is 1.48 bits per heavy atom. The number of hydrogen-bond acceptors (Lipinski definition) is 7. The number of carbonyl (C=O) groups is 1. The van der Waals surface area contributed by atoms with Crippen LogP contribution in [0.2, 0.25) is 0 Å². The summed E-state index contributed by atoms with van der Waals surface area (Å²) < 4.78 is 46.0. The van der Waals surface area contributed by atoms with Crippen molar-refractivity contribution in [2.24, 2.45) is 5.92 Å². The Morgan fingerprint density at radius 2 is 2.31 bits per heavy atom. The molecule has 2 heterocycles. The van der Waals surface area contributed by atoms with Gasteiger partial charge in [0.05, 0.1) is 13.0 Å². The molecule has 3 rings (SSSR count). The van der Waals surface area contributed by atoms with Gasteiger partial charge in [0.2, 0.25) is 15.9 Å². The summed E-state index contributed by atoms with van der Waals surface area (Å²) in [6, 6.07) is 3.36. The molecule has 12 heteroatoms. The summed E-state index contributed by atoms with van der Waals surface area (Å²) >= 11 is 1.42. The lowest BCUT2D eigenvalue weighted by Gasteiger charge is -2.31. The molecule has 158 valence electrons. The molecule has 2 N–H and O–H groups in total. The van der Waals surface area contributed by atoms with Crippen molar-refractivity contribution in [3.8, 4) is 5.75 Å². The van der Waals surface area contributed by atoms with Gasteiger partial charge in [0.1, 0.15) is 22.8 Å². The van der Waals surface area contributed by atoms with Crippen LogP contribution in [-0.4, -0.2) is 66.3 Å². The van der Waals surface area contributed by atoms with E-state index in [9.17, 15) is 17.6 Å². The first-order valence-corrected chi connectivity index (χ1v) is 11.4. The number of halogens is 1. The fourth-order valence-corrected chi connectivity index (χ4v) is 5.42. The van der Waals surface area contributed by atoms with Gasteiger partial charge in [-0.15, -0.1) is 0 Å². The molecule has 1 aliphatic heterocycles. The molecule has 0 saturated carbocycles. The number of benzene rings is 1. The largest absolute Gasteiger partial charge is 0.495 e. The number of sulfonamides is 1. The van der Waals surface area contributed by atoms with Gasteiger partial charge in [-0.2, -0.15) is 9.40 Å². The van der Waals surface area contributed by atoms with Gasteiger partial charge >= 0.3 is 0 Å². The summed E-state index contributed by atoms with van der Waals surface area (Å²) in [6.07, 6.45) is 2.54. The smallest absolute Gasteiger partial charge is 0.246 e. The Kier molecular flexibility index (Phi) is 7.09. The fraction of sp³-hybridized carbons (Fsp3) is 0.471. The molecule has 1 fully saturated rings. The summed E-state index contributed by atoms with van der Waals surface area (Å²) in [7, 11) is -2.65. The van der Waals surface area contributed by atoms with Gasteiger partial charge in [-0.25, -0.2) is 17.8 Å². The molecule has 0 radical (unpaired) electrons. The van der Waals surface area contributed by atoms with Crippen LogP contribution in [0.1, 0.15) is 12.8 Å². The maximum absolute atomic E-state index is 13.6. The van der Waals surface area contributed by atoms with Crippen molar-refractivity contribution in [3.63, 3.8) is 0 Å². The average molecular weight is 444 g/mol. The zero-order valence-corrected chi connectivity index (χ0v) is 17.4. The highest BCUT2D eigenvalue weighted by Gasteiger charge is 2.35. The second-order valence-corrected chi connectivity index (χ2v) is 9.42. The molecule has 1 aliphatic rings. The summed E-state index contributed by atoms with van der Waals surface area (Å²) in [5.41, 5.74) is 0. The molecule has 0 aliphatic carbocycles. The molecule has 0 bridgehead atoms. The average Bonchev–Trinajstić information content (AvgIpc) is 3.24. The number of amides is 1. The van der Waals surface area contributed by atoms with Crippen LogP contribution >= 0.6 is 11.8 Å². The number of hydrogen-bond donors (Lipinski definition) is 2. The topological polar surface area (TPSA) is 117 Å². The highest BCUT2D eigenvalue weighted by atomic mass is 32.2. The second-order valence-electron chi connectivity index (χ2n) is 6.43. The van der Waals surface area contributed by atoms with E-state index < -0.39 is 21.8 Å². The third kappa shape index (κ3) is 5.25. The van der Waals surface area contributed by atoms with E-state index in [4.69, 9.17) is 4.74 Å². The van der Waals surface area contributed by atoms with Gasteiger partial charge in [0.25, 0.3) is 0 Å². The van der Waals surface area contributed by atoms with Crippen molar-refractivity contribution in [2.75, 3.05) is 32.5 Å². The maximum atomic E-state index is 13.6. The van der Waals surface area contributed by atoms with Gasteiger partial charge < -0.3 is 10.1 Å². The number of rotatable bonds is 8. The molecule has 1 amide bonds. The van der Waals surface area contributed by atoms with Crippen LogP contribution in [0.15, 0.2) is 34.6 Å². The van der Waals surface area contributed by atoms with Crippen LogP contribution in [0, 0.1) is 11.7 Å². The second kappa shape index (κ2) is 9.55. The van der Waals surface area contributed by atoms with E-state index in [2.05, 4.69) is 20.5 Å². The number of H-pyrrole nitrogens is 1. The highest BCUT2D eigenvalue weighted by Crippen LogP contribution is 2.30. The summed E-state index contributed by atoms with van der Waals surface area (Å²) in [6.45, 7) is 0.737. The van der Waals surface area contributed by atoms with E-state index in [0.717, 1.165) is 12.1 Å². The minimum atomic E-state index is -3.98. The number of piperidine rings is 1. The van der Waals surface area contributed by atoms with Crippen molar-refractivity contribution in [1.82, 2.24) is 24.8 Å². The van der Waals surface area contributed by atoms with E-state index in [1.165, 1.54) is 35.6 Å². The quantitative estimate of drug-likeness (QED) is 0.466. The van der Waals surface area contributed by atoms with Crippen molar-refractivity contribution < 1.29 is 22.3 Å². The molecule has 1 aromatic carbocycles. The summed E-state index contributed by atoms with van der Waals surface area (Å²) in [5.74, 6) is -0.652. The molecule has 0 spiro atoms. The molecular formula is C17H22FN5O4S2. The highest BCUT2D eigenvalue weighted by molar-refractivity contribution is 7.99. The molecule has 2 aromatic rings. The summed E-state index contributed by atoms with van der Waals surface area (Å²) in [4.78, 5) is 16.2. The van der Waals surface area contributed by atoms with E-state index in [1.54, 1.807) is 0 Å². The van der Waals surface area contributed by atoms with E-state index in [0.29, 0.717) is 30.3 Å². The Morgan fingerprint density at radius 3 is 3.03 bits per heavy atom. The first kappa shape index (κ1) is 21.5. The van der Waals surface area contributed by atoms with Gasteiger partial charge in [-0.1, -0.05) is 11.8 Å². The first-order chi connectivity index (χ1) is 13.9. The van der Waals surface area contributed by atoms with Crippen molar-refractivity contribution in [1.29, 1.82) is 0 Å². The van der Waals surface area contributed by atoms with Crippen LogP contribution in [0.5, 0.6) is 5.75 Å². The number of nitrogens with zero attached hydrogens (tertiary/aromatic N) is 3. The molecule has 1 aromatic heterocycles. The number of methoxy groups -OCH3 is 1. The van der Waals surface area contributed by atoms with Crippen LogP contribution in [0.4, 0.5) is 4.39 Å². The van der Waals surface area contributed by atoms with Crippen molar-refractivity contribution >= 4 is 27.7 Å². The molecule has 9 nitrogen and oxygen atoms in total. The Balaban J connectivity index is 1.60. The van der Waals surface area contributed by atoms with Crippen LogP contribution in [0.3, 0.4) is 0 Å². The number of nitrogens with one attached hydrogen (secondary N) is 2. The lowest BCUT2D eigenvalue weighted by atomic mass is 9.99. The molecule has 1 saturated heterocycles. The molecular weight excluding hydrogens is 421 g/mol. The van der Waals surface area contributed by atoms with E-state index >= 15 is 0 Å². The minimum absolute atomic E-state index is 0.0447. The van der Waals surface area contributed by atoms with Gasteiger partial charge in [-0.3, -0.25) is 9.89 Å². The number of carbonyl (C=O) groups excluding carboxylic acids is 1. The minimum Gasteiger partial charge on any atom is -0.495 e. The molecule has 1 atom stereocenters. The van der Waals surface area contributed by atoms with E-state index in [1.807, 2.05) is 0 Å². The lowest BCUT2D eigenvalue weighted by Crippen LogP contribution is -2.45. The van der Waals surface area contributed by atoms with Crippen LogP contribution < -0.4 is 10.1 Å². The zero-order valence-electron chi connectivity index (χ0n) is 15.8. The number of aromatic amines is 1. The number of aromatic nitrogens is 3. The van der Waals surface area contributed by atoms with Crippen molar-refractivity contribution in [2.45, 2.75) is 22.9 Å². The van der Waals surface area contributed by atoms with Gasteiger partial charge in [0.15, 0.2) is 5.16 Å². The van der Waals surface area contributed by atoms with Crippen molar-refractivity contribution in [3.05, 3.63) is 30.3 Å². The number of ether oxygens (including phenoxy) is 1. The molecule has 1 unspecified atom stereocenters. The summed E-state index contributed by atoms with van der Waals surface area (Å²) in [5, 5.41) is 9.96. The predicted molar refractivity (Wildman–Crippen MR) is 105 cm³/mol. The standard InChI is InChI=1S/C17H22FN5O4S2/c1-27-14-5-4-13(18)9-15(14)29(25,26)23-7-2-3-12(10-23)16(24)19-6-8-28-17-20-11-21-22-17/h4-5,9,11-12H,2-3,6-8,10H2,1H3,(H,19,24)(H,20,21,22). The lowest BCUT2D eigenvalue weighted by molar-refractivity contribution is -0.125. The Labute approximate surface area is 172 Å². The maximum Gasteiger partial charge on any atom is 0.246 e. The number of thioether (sulfide) groups is 1. The fourth-order valence-electron chi connectivity index (χ4n) is 3.10. The van der Waals surface area contributed by atoms with Crippen LogP contribution in [-0.2, 0) is 14.8 Å². The van der Waals surface area contributed by atoms with Gasteiger partial charge in [-0.05, 0) is 31.0 Å². The van der Waals surface area contributed by atoms with E-state index in [-0.39, 0.29) is 29.6 Å². The molecule has 29 heavy (non-hydrogen) atoms. The van der Waals surface area contributed by atoms with Gasteiger partial charge in [0, 0.05) is 25.4 Å². The third-order valence-electron chi connectivity index (χ3n) is 4.53. The Hall–Kier alpha value is -2.18. The Bertz CT molecular complexity index is 939. The van der Waals surface area contributed by atoms with Crippen LogP contribution in [0.25, 0.3) is 0 Å².